The number of allylic oxidation sites excluding steroid dienone is 1. The summed E-state index contributed by atoms with van der Waals surface area (Å²) < 4.78 is 48.9. The molecule has 0 bridgehead atoms. The van der Waals surface area contributed by atoms with E-state index in [1.165, 1.54) is 128 Å². The van der Waals surface area contributed by atoms with Crippen LogP contribution >= 0.6 is 0 Å². The Morgan fingerprint density at radius 2 is 1.09 bits per heavy atom. The number of carbonyl (C=O) groups is 3. The van der Waals surface area contributed by atoms with E-state index < -0.39 is 35.2 Å². The lowest BCUT2D eigenvalue weighted by molar-refractivity contribution is -0.161. The molecular formula is C54H94O9S. The molecule has 3 fully saturated rings. The molecule has 4 aliphatic carbocycles. The maximum Gasteiger partial charge on any atom is 0.400 e. The van der Waals surface area contributed by atoms with E-state index in [-0.39, 0.29) is 36.2 Å². The average Bonchev–Trinajstić information content (AvgIpc) is 3.58. The van der Waals surface area contributed by atoms with Crippen LogP contribution in [-0.2, 0) is 42.6 Å². The molecule has 0 spiro atoms. The molecule has 64 heavy (non-hydrogen) atoms. The van der Waals surface area contributed by atoms with Crippen LogP contribution < -0.4 is 0 Å². The smallest absolute Gasteiger partial charge is 0.400 e. The fourth-order valence-corrected chi connectivity index (χ4v) is 12.9. The highest BCUT2D eigenvalue weighted by Crippen LogP contribution is 2.64. The second-order valence-electron chi connectivity index (χ2n) is 21.1. The van der Waals surface area contributed by atoms with Crippen molar-refractivity contribution in [3.63, 3.8) is 0 Å². The molecule has 3 saturated carbocycles. The maximum absolute atomic E-state index is 13.3. The van der Waals surface area contributed by atoms with Crippen LogP contribution in [0.5, 0.6) is 0 Å². The molecule has 0 aromatic heterocycles. The van der Waals surface area contributed by atoms with Gasteiger partial charge in [-0.15, -0.1) is 0 Å². The third-order valence-electron chi connectivity index (χ3n) is 16.1. The van der Waals surface area contributed by atoms with E-state index in [9.17, 15) is 22.8 Å². The lowest BCUT2D eigenvalue weighted by Crippen LogP contribution is -2.50. The molecule has 4 aliphatic rings. The molecule has 7 atom stereocenters. The van der Waals surface area contributed by atoms with Gasteiger partial charge in [0.05, 0.1) is 6.10 Å². The molecule has 1 unspecified atom stereocenters. The molecule has 0 amide bonds. The summed E-state index contributed by atoms with van der Waals surface area (Å²) in [6.07, 6.45) is 39.3. The van der Waals surface area contributed by atoms with Gasteiger partial charge in [0, 0.05) is 24.7 Å². The second kappa shape index (κ2) is 29.9. The number of hydrogen-bond donors (Lipinski definition) is 0. The standard InChI is InChI=1S/C54H94O9S/c1-5-7-9-11-13-15-17-19-21-23-25-27-29-31-51(56)60-42-46(62-52(57)32-30-28-26-24-22-20-18-16-14-12-10-8-6-2)43-61-64(58,59)63-45-37-39-53(3)44(41-45)33-34-47-48-35-36-50(55)54(48,4)40-38-49(47)53/h33,45-49H,5-32,34-43H2,1-4H3/t45-,46?,47-,48-,49-,53-,54-/m0/s1. The third-order valence-corrected chi connectivity index (χ3v) is 17.0. The van der Waals surface area contributed by atoms with E-state index in [0.29, 0.717) is 49.2 Å². The van der Waals surface area contributed by atoms with Gasteiger partial charge in [-0.05, 0) is 81.0 Å². The number of ether oxygens (including phenoxy) is 2. The summed E-state index contributed by atoms with van der Waals surface area (Å²) in [7, 11) is -4.43. The summed E-state index contributed by atoms with van der Waals surface area (Å²) in [6, 6.07) is 0. The first-order chi connectivity index (χ1) is 30.9. The summed E-state index contributed by atoms with van der Waals surface area (Å²) in [4.78, 5) is 38.6. The van der Waals surface area contributed by atoms with E-state index in [0.717, 1.165) is 70.6 Å². The van der Waals surface area contributed by atoms with Crippen LogP contribution in [0.25, 0.3) is 0 Å². The van der Waals surface area contributed by atoms with Crippen LogP contribution in [0.2, 0.25) is 0 Å². The number of Topliss-reactive ketones (excluding diaryl/α,β-unsaturated/α-hetero) is 1. The molecule has 370 valence electrons. The van der Waals surface area contributed by atoms with Crippen molar-refractivity contribution in [1.82, 2.24) is 0 Å². The average molecular weight is 919 g/mol. The molecule has 0 radical (unpaired) electrons. The molecule has 0 heterocycles. The Labute approximate surface area is 391 Å². The highest BCUT2D eigenvalue weighted by molar-refractivity contribution is 7.81. The van der Waals surface area contributed by atoms with Crippen LogP contribution in [0.15, 0.2) is 11.6 Å². The van der Waals surface area contributed by atoms with Crippen LogP contribution in [0.4, 0.5) is 0 Å². The highest BCUT2D eigenvalue weighted by Gasteiger charge is 2.58. The van der Waals surface area contributed by atoms with Crippen molar-refractivity contribution in [1.29, 1.82) is 0 Å². The first kappa shape index (κ1) is 54.8. The highest BCUT2D eigenvalue weighted by atomic mass is 32.3. The van der Waals surface area contributed by atoms with Gasteiger partial charge in [0.25, 0.3) is 0 Å². The van der Waals surface area contributed by atoms with Gasteiger partial charge in [-0.3, -0.25) is 14.4 Å². The van der Waals surface area contributed by atoms with Gasteiger partial charge in [0.2, 0.25) is 0 Å². The van der Waals surface area contributed by atoms with E-state index in [2.05, 4.69) is 33.8 Å². The second-order valence-corrected chi connectivity index (χ2v) is 22.4. The number of esters is 2. The third kappa shape index (κ3) is 18.7. The van der Waals surface area contributed by atoms with Gasteiger partial charge >= 0.3 is 22.3 Å². The molecular weight excluding hydrogens is 825 g/mol. The van der Waals surface area contributed by atoms with Crippen molar-refractivity contribution >= 4 is 28.1 Å². The van der Waals surface area contributed by atoms with Gasteiger partial charge < -0.3 is 9.47 Å². The quantitative estimate of drug-likeness (QED) is 0.0343. The van der Waals surface area contributed by atoms with E-state index in [1.54, 1.807) is 0 Å². The van der Waals surface area contributed by atoms with E-state index in [1.807, 2.05) is 0 Å². The number of fused-ring (bicyclic) bond motifs is 5. The molecule has 0 aromatic carbocycles. The fraction of sp³-hybridized carbons (Fsp3) is 0.907. The van der Waals surface area contributed by atoms with Crippen molar-refractivity contribution in [3.05, 3.63) is 11.6 Å². The normalized spacial score (nSPS) is 25.9. The Bertz CT molecular complexity index is 1490. The van der Waals surface area contributed by atoms with Gasteiger partial charge in [0.15, 0.2) is 6.10 Å². The maximum atomic E-state index is 13.3. The van der Waals surface area contributed by atoms with Crippen LogP contribution in [0.3, 0.4) is 0 Å². The molecule has 10 heteroatoms. The zero-order valence-electron chi connectivity index (χ0n) is 41.4. The fourth-order valence-electron chi connectivity index (χ4n) is 12.0. The van der Waals surface area contributed by atoms with E-state index >= 15 is 0 Å². The first-order valence-electron chi connectivity index (χ1n) is 27.1. The van der Waals surface area contributed by atoms with Gasteiger partial charge in [0.1, 0.15) is 19.0 Å². The molecule has 4 rings (SSSR count). The minimum Gasteiger partial charge on any atom is -0.462 e. The van der Waals surface area contributed by atoms with Crippen molar-refractivity contribution in [2.45, 2.75) is 271 Å². The zero-order valence-corrected chi connectivity index (χ0v) is 42.2. The Kier molecular flexibility index (Phi) is 25.6. The summed E-state index contributed by atoms with van der Waals surface area (Å²) in [5.74, 6) is 1.04. The number of rotatable bonds is 36. The monoisotopic (exact) mass is 919 g/mol. The van der Waals surface area contributed by atoms with Gasteiger partial charge in [-0.2, -0.15) is 8.42 Å². The predicted octanol–water partition coefficient (Wildman–Crippen LogP) is 14.6. The minimum absolute atomic E-state index is 0.0241. The van der Waals surface area contributed by atoms with Crippen molar-refractivity contribution < 1.29 is 40.6 Å². The van der Waals surface area contributed by atoms with Crippen molar-refractivity contribution in [2.75, 3.05) is 13.2 Å². The number of ketones is 1. The lowest BCUT2D eigenvalue weighted by atomic mass is 9.48. The van der Waals surface area contributed by atoms with Crippen molar-refractivity contribution in [2.24, 2.45) is 28.6 Å². The molecule has 0 aromatic rings. The Morgan fingerprint density at radius 1 is 0.625 bits per heavy atom. The Balaban J connectivity index is 1.18. The summed E-state index contributed by atoms with van der Waals surface area (Å²) >= 11 is 0. The largest absolute Gasteiger partial charge is 0.462 e. The van der Waals surface area contributed by atoms with E-state index in [4.69, 9.17) is 17.8 Å². The first-order valence-corrected chi connectivity index (χ1v) is 28.4. The number of unbranched alkanes of at least 4 members (excludes halogenated alkanes) is 24. The van der Waals surface area contributed by atoms with Crippen LogP contribution in [0.1, 0.15) is 259 Å². The summed E-state index contributed by atoms with van der Waals surface area (Å²) in [6.45, 7) is 8.30. The van der Waals surface area contributed by atoms with Crippen LogP contribution in [-0.4, -0.2) is 51.6 Å². The summed E-state index contributed by atoms with van der Waals surface area (Å²) in [5, 5.41) is 0. The van der Waals surface area contributed by atoms with Gasteiger partial charge in [-0.1, -0.05) is 193 Å². The SMILES string of the molecule is CCCCCCCCCCCCCCCC(=O)OCC(COS(=O)(=O)O[C@H]1CC[C@@]2(C)C(=CC[C@@H]3[C@@H]2CC[C@]2(C)C(=O)CC[C@@H]32)C1)OC(=O)CCCCCCCCCCCCCCC. The zero-order chi connectivity index (χ0) is 46.1. The predicted molar refractivity (Wildman–Crippen MR) is 258 cm³/mol. The van der Waals surface area contributed by atoms with Crippen molar-refractivity contribution in [3.8, 4) is 0 Å². The Hall–Kier alpha value is -1.78. The van der Waals surface area contributed by atoms with Crippen LogP contribution in [0, 0.1) is 28.6 Å². The molecule has 0 N–H and O–H groups in total. The molecule has 0 saturated heterocycles. The molecule has 9 nitrogen and oxygen atoms in total. The minimum atomic E-state index is -4.43. The van der Waals surface area contributed by atoms with Gasteiger partial charge in [-0.25, -0.2) is 8.37 Å². The number of carbonyl (C=O) groups excluding carboxylic acids is 3. The number of hydrogen-bond acceptors (Lipinski definition) is 9. The lowest BCUT2D eigenvalue weighted by Gasteiger charge is -2.56. The molecule has 0 aliphatic heterocycles. The Morgan fingerprint density at radius 3 is 1.62 bits per heavy atom. The topological polar surface area (TPSA) is 122 Å². The summed E-state index contributed by atoms with van der Waals surface area (Å²) in [5.41, 5.74) is 1.06.